The number of imidazole rings is 1. The van der Waals surface area contributed by atoms with Crippen molar-refractivity contribution in [3.8, 4) is 11.3 Å². The van der Waals surface area contributed by atoms with Crippen molar-refractivity contribution in [3.05, 3.63) is 42.0 Å². The van der Waals surface area contributed by atoms with Crippen LogP contribution in [0.15, 0.2) is 42.0 Å². The van der Waals surface area contributed by atoms with Crippen LogP contribution in [-0.4, -0.2) is 123 Å². The summed E-state index contributed by atoms with van der Waals surface area (Å²) in [6, 6.07) is 0.629. The predicted octanol–water partition coefficient (Wildman–Crippen LogP) is 5.90. The predicted molar refractivity (Wildman–Crippen MR) is 219 cm³/mol. The number of hydrogen-bond donors (Lipinski definition) is 2. The van der Waals surface area contributed by atoms with E-state index in [1.165, 1.54) is 18.9 Å². The molecular formula is C43H63FN4O10S. The van der Waals surface area contributed by atoms with Gasteiger partial charge in [-0.25, -0.2) is 19.0 Å². The van der Waals surface area contributed by atoms with Crippen molar-refractivity contribution in [2.45, 2.75) is 154 Å². The van der Waals surface area contributed by atoms with Gasteiger partial charge in [0.15, 0.2) is 17.7 Å². The standard InChI is InChI=1S/C43H63FN4O10S/c1-11-16-45-30-20-26(4)55-38(34(30)50)57-37-28(6)36(51)42(8,44)39(52)56-32(12-2)43(9)35(27(5)33(49)25(3)21-41(37,7)54-10)48(40(53)58-43)18-14-13-17-47-22-31(46-24-47)29-15-19-59-23-29/h11,15,19,22-28,30,32,34-35,37-38,45,50H,1,12-14,16-18,20-21H2,2-10H3/t25-,26-,27+,28-,30+,32-,34+,35?,37-,38+,41-,42+,43-/m1/s1. The minimum Gasteiger partial charge on any atom is -0.455 e. The summed E-state index contributed by atoms with van der Waals surface area (Å²) in [6.45, 7) is 17.5. The first-order valence-electron chi connectivity index (χ1n) is 20.7. The van der Waals surface area contributed by atoms with Crippen LogP contribution in [-0.2, 0) is 44.6 Å². The molecule has 3 saturated heterocycles. The van der Waals surface area contributed by atoms with Gasteiger partial charge in [0, 0.05) is 67.7 Å². The van der Waals surface area contributed by atoms with Gasteiger partial charge < -0.3 is 43.6 Å². The summed E-state index contributed by atoms with van der Waals surface area (Å²) in [5.41, 5.74) is -4.32. The van der Waals surface area contributed by atoms with Crippen LogP contribution in [0.25, 0.3) is 11.3 Å². The lowest BCUT2D eigenvalue weighted by molar-refractivity contribution is -0.290. The van der Waals surface area contributed by atoms with E-state index >= 15 is 4.39 Å². The normalized spacial score (nSPS) is 37.4. The number of aryl methyl sites for hydroxylation is 1. The van der Waals surface area contributed by atoms with Gasteiger partial charge in [-0.15, -0.1) is 6.58 Å². The van der Waals surface area contributed by atoms with Crippen LogP contribution in [0.2, 0.25) is 0 Å². The molecule has 0 aliphatic carbocycles. The molecule has 16 heteroatoms. The van der Waals surface area contributed by atoms with E-state index < -0.39 is 89.2 Å². The molecule has 0 radical (unpaired) electrons. The summed E-state index contributed by atoms with van der Waals surface area (Å²) >= 11 is 1.60. The highest BCUT2D eigenvalue weighted by Crippen LogP contribution is 2.43. The van der Waals surface area contributed by atoms with Crippen LogP contribution in [0.1, 0.15) is 87.5 Å². The van der Waals surface area contributed by atoms with Crippen molar-refractivity contribution in [3.63, 3.8) is 0 Å². The van der Waals surface area contributed by atoms with Crippen LogP contribution in [0, 0.1) is 17.8 Å². The number of rotatable bonds is 13. The molecule has 2 aromatic heterocycles. The molecule has 328 valence electrons. The Labute approximate surface area is 351 Å². The number of alkyl halides is 1. The number of fused-ring (bicyclic) bond motifs is 1. The molecule has 1 unspecified atom stereocenters. The third kappa shape index (κ3) is 9.68. The fourth-order valence-corrected chi connectivity index (χ4v) is 9.93. The zero-order valence-electron chi connectivity index (χ0n) is 35.9. The zero-order valence-corrected chi connectivity index (χ0v) is 36.7. The Hall–Kier alpha value is -3.54. The maximum atomic E-state index is 16.9. The summed E-state index contributed by atoms with van der Waals surface area (Å²) in [5, 5.41) is 18.7. The number of methoxy groups -OCH3 is 1. The molecule has 3 fully saturated rings. The van der Waals surface area contributed by atoms with Gasteiger partial charge in [0.25, 0.3) is 5.67 Å². The van der Waals surface area contributed by atoms with E-state index in [4.69, 9.17) is 23.7 Å². The van der Waals surface area contributed by atoms with E-state index in [1.807, 2.05) is 34.5 Å². The van der Waals surface area contributed by atoms with Gasteiger partial charge in [0.2, 0.25) is 0 Å². The van der Waals surface area contributed by atoms with Crippen LogP contribution in [0.4, 0.5) is 9.18 Å². The summed E-state index contributed by atoms with van der Waals surface area (Å²) in [4.78, 5) is 62.7. The van der Waals surface area contributed by atoms with Crippen LogP contribution >= 0.6 is 11.3 Å². The number of carbonyl (C=O) groups is 4. The van der Waals surface area contributed by atoms with Gasteiger partial charge in [-0.05, 0) is 71.2 Å². The topological polar surface area (TPSA) is 168 Å². The maximum absolute atomic E-state index is 16.9. The Morgan fingerprint density at radius 2 is 1.83 bits per heavy atom. The second-order valence-electron chi connectivity index (χ2n) is 17.1. The van der Waals surface area contributed by atoms with Gasteiger partial charge in [0.1, 0.15) is 18.0 Å². The summed E-state index contributed by atoms with van der Waals surface area (Å²) in [7, 11) is 1.40. The lowest BCUT2D eigenvalue weighted by atomic mass is 9.73. The van der Waals surface area contributed by atoms with Crippen molar-refractivity contribution in [2.75, 3.05) is 20.2 Å². The summed E-state index contributed by atoms with van der Waals surface area (Å²) in [6.07, 6.45) is 1.08. The highest BCUT2D eigenvalue weighted by molar-refractivity contribution is 7.08. The van der Waals surface area contributed by atoms with Crippen molar-refractivity contribution in [2.24, 2.45) is 17.8 Å². The number of halogens is 1. The lowest BCUT2D eigenvalue weighted by Gasteiger charge is -2.46. The minimum absolute atomic E-state index is 0.00730. The third-order valence-electron chi connectivity index (χ3n) is 12.6. The van der Waals surface area contributed by atoms with Gasteiger partial charge in [0.05, 0.1) is 35.9 Å². The molecule has 13 atom stereocenters. The quantitative estimate of drug-likeness (QED) is 0.106. The number of carbonyl (C=O) groups excluding carboxylic acids is 4. The second kappa shape index (κ2) is 19.0. The molecule has 0 aromatic carbocycles. The van der Waals surface area contributed by atoms with E-state index in [0.717, 1.165) is 18.2 Å². The molecule has 14 nitrogen and oxygen atoms in total. The number of hydrogen-bond acceptors (Lipinski definition) is 13. The highest BCUT2D eigenvalue weighted by Gasteiger charge is 2.61. The van der Waals surface area contributed by atoms with Gasteiger partial charge in [-0.1, -0.05) is 33.8 Å². The number of thiophene rings is 1. The molecule has 2 aromatic rings. The van der Waals surface area contributed by atoms with Crippen LogP contribution in [0.3, 0.4) is 0 Å². The fourth-order valence-electron chi connectivity index (χ4n) is 9.28. The van der Waals surface area contributed by atoms with Crippen LogP contribution < -0.4 is 5.32 Å². The average Bonchev–Trinajstić information content (AvgIpc) is 3.96. The smallest absolute Gasteiger partial charge is 0.410 e. The number of ketones is 2. The number of nitrogens with one attached hydrogen (secondary N) is 1. The molecule has 3 aliphatic heterocycles. The molecule has 0 saturated carbocycles. The van der Waals surface area contributed by atoms with E-state index in [1.54, 1.807) is 58.4 Å². The van der Waals surface area contributed by atoms with E-state index in [9.17, 15) is 24.3 Å². The molecule has 5 rings (SSSR count). The molecule has 2 N–H and O–H groups in total. The molecule has 1 amide bonds. The Bertz CT molecular complexity index is 1790. The maximum Gasteiger partial charge on any atom is 0.410 e. The summed E-state index contributed by atoms with van der Waals surface area (Å²) in [5.74, 6) is -5.81. The average molecular weight is 847 g/mol. The first-order valence-corrected chi connectivity index (χ1v) is 21.7. The number of nitrogens with zero attached hydrogens (tertiary/aromatic N) is 3. The van der Waals surface area contributed by atoms with Crippen molar-refractivity contribution in [1.82, 2.24) is 19.8 Å². The fraction of sp³-hybridized carbons (Fsp3) is 0.698. The minimum atomic E-state index is -3.18. The Morgan fingerprint density at radius 3 is 2.47 bits per heavy atom. The molecule has 0 bridgehead atoms. The molecule has 59 heavy (non-hydrogen) atoms. The Balaban J connectivity index is 1.46. The number of aromatic nitrogens is 2. The summed E-state index contributed by atoms with van der Waals surface area (Å²) < 4.78 is 49.4. The van der Waals surface area contributed by atoms with Gasteiger partial charge in [-0.3, -0.25) is 9.59 Å². The number of cyclic esters (lactones) is 1. The number of esters is 1. The van der Waals surface area contributed by atoms with Gasteiger partial charge >= 0.3 is 12.1 Å². The molecular weight excluding hydrogens is 784 g/mol. The molecule has 0 spiro atoms. The number of ether oxygens (including phenoxy) is 5. The SMILES string of the molecule is C=CCN[C@H]1C[C@@H](C)O[C@@H](O[C@@H]2[C@H](C)C(=O)[C@](C)(F)C(=O)O[C@H](CC)[C@@]3(C)OC(=O)N(CCCCn4cnc(-c5ccsc5)c4)C3[C@@H](C)C(=O)[C@H](C)C[C@@]2(C)OC)[C@H]1O. The third-order valence-corrected chi connectivity index (χ3v) is 13.3. The Morgan fingerprint density at radius 1 is 1.12 bits per heavy atom. The van der Waals surface area contributed by atoms with Crippen molar-refractivity contribution < 1.29 is 52.4 Å². The molecule has 5 heterocycles. The zero-order chi connectivity index (χ0) is 43.4. The number of Topliss-reactive ketones (excluding diaryl/α,β-unsaturated/α-hetero) is 2. The second-order valence-corrected chi connectivity index (χ2v) is 17.9. The monoisotopic (exact) mass is 846 g/mol. The Kier molecular flexibility index (Phi) is 15.0. The van der Waals surface area contributed by atoms with E-state index in [-0.39, 0.29) is 31.3 Å². The number of unbranched alkanes of at least 4 members (excludes halogenated alkanes) is 1. The first kappa shape index (κ1) is 46.5. The largest absolute Gasteiger partial charge is 0.455 e. The van der Waals surface area contributed by atoms with Crippen LogP contribution in [0.5, 0.6) is 0 Å². The van der Waals surface area contributed by atoms with Crippen molar-refractivity contribution in [1.29, 1.82) is 0 Å². The van der Waals surface area contributed by atoms with Crippen molar-refractivity contribution >= 4 is 35.0 Å². The lowest BCUT2D eigenvalue weighted by Crippen LogP contribution is -2.62. The number of amides is 1. The van der Waals surface area contributed by atoms with Gasteiger partial charge in [-0.2, -0.15) is 11.3 Å². The highest BCUT2D eigenvalue weighted by atomic mass is 32.1. The van der Waals surface area contributed by atoms with E-state index in [0.29, 0.717) is 32.4 Å². The molecule has 3 aliphatic rings. The first-order chi connectivity index (χ1) is 27.8. The van der Waals surface area contributed by atoms with E-state index in [2.05, 4.69) is 16.9 Å². The number of aliphatic hydroxyl groups is 1. The number of aliphatic hydroxyl groups excluding tert-OH is 1.